The van der Waals surface area contributed by atoms with E-state index in [4.69, 9.17) is 38.3 Å². The first kappa shape index (κ1) is 42.9. The van der Waals surface area contributed by atoms with Crippen LogP contribution in [-0.4, -0.2) is 125 Å². The van der Waals surface area contributed by atoms with Gasteiger partial charge in [0.05, 0.1) is 72.7 Å². The van der Waals surface area contributed by atoms with Gasteiger partial charge >= 0.3 is 5.97 Å². The largest absolute Gasteiger partial charge is 0.463 e. The van der Waals surface area contributed by atoms with Crippen molar-refractivity contribution in [1.82, 2.24) is 0 Å². The predicted octanol–water partition coefficient (Wildman–Crippen LogP) is 4.52. The quantitative estimate of drug-likeness (QED) is 0.0509. The van der Waals surface area contributed by atoms with Gasteiger partial charge < -0.3 is 48.5 Å². The van der Waals surface area contributed by atoms with Crippen LogP contribution in [0.4, 0.5) is 0 Å². The Morgan fingerprint density at radius 1 is 0.717 bits per heavy atom. The van der Waals surface area contributed by atoms with Crippen LogP contribution in [0.25, 0.3) is 0 Å². The Labute approximate surface area is 278 Å². The molecule has 0 bridgehead atoms. The molecule has 0 spiro atoms. The van der Waals surface area contributed by atoms with Crippen molar-refractivity contribution in [3.8, 4) is 0 Å². The van der Waals surface area contributed by atoms with Crippen LogP contribution in [0.15, 0.2) is 12.2 Å². The maximum absolute atomic E-state index is 12.0. The summed E-state index contributed by atoms with van der Waals surface area (Å²) in [5, 5.41) is 27.5. The number of hydrogen-bond acceptors (Lipinski definition) is 11. The molecule has 0 aliphatic carbocycles. The van der Waals surface area contributed by atoms with Crippen LogP contribution >= 0.6 is 0 Å². The molecule has 0 aromatic rings. The lowest BCUT2D eigenvalue weighted by Crippen LogP contribution is -2.45. The maximum atomic E-state index is 12.0. The molecule has 0 saturated carbocycles. The van der Waals surface area contributed by atoms with Crippen LogP contribution in [0.2, 0.25) is 0 Å². The van der Waals surface area contributed by atoms with Crippen LogP contribution in [0.1, 0.15) is 103 Å². The Bertz CT molecular complexity index is 693. The fraction of sp³-hybridized carbons (Fsp3) is 0.914. The lowest BCUT2D eigenvalue weighted by Gasteiger charge is -2.29. The summed E-state index contributed by atoms with van der Waals surface area (Å²) in [6.07, 6.45) is 20.4. The highest BCUT2D eigenvalue weighted by Crippen LogP contribution is 2.25. The normalized spacial score (nSPS) is 18.9. The van der Waals surface area contributed by atoms with Crippen molar-refractivity contribution in [2.24, 2.45) is 0 Å². The summed E-state index contributed by atoms with van der Waals surface area (Å²) in [5.41, 5.74) is 0. The summed E-state index contributed by atoms with van der Waals surface area (Å²) in [4.78, 5) is 12.0. The van der Waals surface area contributed by atoms with Gasteiger partial charge in [0.2, 0.25) is 0 Å². The van der Waals surface area contributed by atoms with E-state index in [1.165, 1.54) is 70.6 Å². The highest BCUT2D eigenvalue weighted by Gasteiger charge is 2.44. The number of ether oxygens (including phenoxy) is 7. The van der Waals surface area contributed by atoms with Gasteiger partial charge in [0, 0.05) is 6.42 Å². The molecule has 0 amide bonds. The van der Waals surface area contributed by atoms with E-state index in [1.807, 2.05) is 0 Å². The molecular weight excluding hydrogens is 596 g/mol. The van der Waals surface area contributed by atoms with E-state index in [-0.39, 0.29) is 65.4 Å². The van der Waals surface area contributed by atoms with Gasteiger partial charge in [-0.3, -0.25) is 4.79 Å². The van der Waals surface area contributed by atoms with Crippen LogP contribution < -0.4 is 0 Å². The summed E-state index contributed by atoms with van der Waals surface area (Å²) >= 11 is 0. The third-order valence-electron chi connectivity index (χ3n) is 7.80. The number of aliphatic hydroxyl groups excluding tert-OH is 3. The van der Waals surface area contributed by atoms with Gasteiger partial charge in [0.25, 0.3) is 0 Å². The first-order valence-corrected chi connectivity index (χ1v) is 17.9. The van der Waals surface area contributed by atoms with E-state index >= 15 is 0 Å². The minimum absolute atomic E-state index is 0.0991. The summed E-state index contributed by atoms with van der Waals surface area (Å²) in [6.45, 7) is 3.70. The van der Waals surface area contributed by atoms with Crippen molar-refractivity contribution >= 4 is 5.97 Å². The minimum atomic E-state index is -0.541. The zero-order valence-corrected chi connectivity index (χ0v) is 28.7. The van der Waals surface area contributed by atoms with Crippen LogP contribution in [0, 0.1) is 0 Å². The van der Waals surface area contributed by atoms with E-state index < -0.39 is 24.4 Å². The predicted molar refractivity (Wildman–Crippen MR) is 177 cm³/mol. The Kier molecular flexibility index (Phi) is 30.2. The lowest BCUT2D eigenvalue weighted by atomic mass is 10.1. The average Bonchev–Trinajstić information content (AvgIpc) is 3.47. The molecule has 1 rings (SSSR count). The fourth-order valence-corrected chi connectivity index (χ4v) is 5.33. The number of carbonyl (C=O) groups excluding carboxylic acids is 1. The van der Waals surface area contributed by atoms with Gasteiger partial charge in [-0.1, -0.05) is 76.9 Å². The molecule has 272 valence electrons. The van der Waals surface area contributed by atoms with Crippen molar-refractivity contribution in [2.45, 2.75) is 128 Å². The van der Waals surface area contributed by atoms with E-state index in [0.717, 1.165) is 19.3 Å². The second-order valence-electron chi connectivity index (χ2n) is 11.7. The minimum Gasteiger partial charge on any atom is -0.463 e. The molecule has 0 aromatic heterocycles. The molecule has 3 N–H and O–H groups in total. The van der Waals surface area contributed by atoms with E-state index in [0.29, 0.717) is 26.2 Å². The van der Waals surface area contributed by atoms with Crippen molar-refractivity contribution < 1.29 is 53.3 Å². The molecule has 0 aromatic carbocycles. The monoisotopic (exact) mass is 662 g/mol. The molecule has 1 fully saturated rings. The first-order chi connectivity index (χ1) is 22.7. The molecule has 4 atom stereocenters. The number of rotatable bonds is 34. The molecule has 4 unspecified atom stereocenters. The fourth-order valence-electron chi connectivity index (χ4n) is 5.33. The number of allylic oxidation sites excluding steroid dienone is 2. The van der Waals surface area contributed by atoms with Crippen molar-refractivity contribution in [3.63, 3.8) is 0 Å². The van der Waals surface area contributed by atoms with Gasteiger partial charge in [-0.15, -0.1) is 0 Å². The summed E-state index contributed by atoms with van der Waals surface area (Å²) in [6, 6.07) is 0. The molecule has 1 aliphatic rings. The Balaban J connectivity index is 2.03. The van der Waals surface area contributed by atoms with Crippen LogP contribution in [0.3, 0.4) is 0 Å². The second-order valence-corrected chi connectivity index (χ2v) is 11.7. The van der Waals surface area contributed by atoms with E-state index in [1.54, 1.807) is 0 Å². The summed E-state index contributed by atoms with van der Waals surface area (Å²) in [5.74, 6) is -0.185. The Morgan fingerprint density at radius 3 is 1.98 bits per heavy atom. The average molecular weight is 663 g/mol. The molecular formula is C35H66O11. The number of aliphatic hydroxyl groups is 3. The lowest BCUT2D eigenvalue weighted by molar-refractivity contribution is -0.146. The highest BCUT2D eigenvalue weighted by molar-refractivity contribution is 5.69. The smallest absolute Gasteiger partial charge is 0.305 e. The zero-order valence-electron chi connectivity index (χ0n) is 28.7. The number of unbranched alkanes of at least 4 members (excludes halogenated alkanes) is 12. The third-order valence-corrected chi connectivity index (χ3v) is 7.80. The van der Waals surface area contributed by atoms with E-state index in [9.17, 15) is 15.0 Å². The summed E-state index contributed by atoms with van der Waals surface area (Å²) < 4.78 is 39.5. The first-order valence-electron chi connectivity index (χ1n) is 17.9. The number of esters is 1. The molecule has 11 heteroatoms. The van der Waals surface area contributed by atoms with Gasteiger partial charge in [-0.2, -0.15) is 0 Å². The van der Waals surface area contributed by atoms with E-state index in [2.05, 4.69) is 19.1 Å². The Morgan fingerprint density at radius 2 is 1.30 bits per heavy atom. The highest BCUT2D eigenvalue weighted by atomic mass is 16.6. The zero-order chi connectivity index (χ0) is 33.3. The maximum Gasteiger partial charge on any atom is 0.305 e. The third kappa shape index (κ3) is 23.2. The van der Waals surface area contributed by atoms with Crippen LogP contribution in [0.5, 0.6) is 0 Å². The van der Waals surface area contributed by atoms with Crippen molar-refractivity contribution in [1.29, 1.82) is 0 Å². The molecule has 1 saturated heterocycles. The van der Waals surface area contributed by atoms with Crippen molar-refractivity contribution in [3.05, 3.63) is 12.2 Å². The second kappa shape index (κ2) is 32.4. The molecule has 0 radical (unpaired) electrons. The topological polar surface area (TPSA) is 142 Å². The Hall–Kier alpha value is -1.15. The molecule has 46 heavy (non-hydrogen) atoms. The van der Waals surface area contributed by atoms with Gasteiger partial charge in [-0.05, 0) is 32.1 Å². The molecule has 11 nitrogen and oxygen atoms in total. The summed E-state index contributed by atoms with van der Waals surface area (Å²) in [7, 11) is 0. The standard InChI is InChI=1S/C35H66O11/c1-2-3-4-5-6-7-8-9-10-11-12-13-14-15-16-17-18-33(39)44-28-27-40-25-26-41-29-31(42-22-19-36)35-34(45-24-21-38)32(30-46-35)43-23-20-37/h9-10,31-32,34-38H,2-8,11-30H2,1H3/b10-9-. The number of hydrogen-bond donors (Lipinski definition) is 3. The SMILES string of the molecule is CCCCCCCC/C=C\CCCCCCCCC(=O)OCCOCCOCC(OCCO)C1OCC(OCCO)C1OCCO. The molecule has 1 heterocycles. The number of carbonyl (C=O) groups is 1. The van der Waals surface area contributed by atoms with Crippen LogP contribution in [-0.2, 0) is 38.0 Å². The van der Waals surface area contributed by atoms with Gasteiger partial charge in [0.15, 0.2) is 0 Å². The molecule has 1 aliphatic heterocycles. The van der Waals surface area contributed by atoms with Gasteiger partial charge in [0.1, 0.15) is 31.0 Å². The van der Waals surface area contributed by atoms with Gasteiger partial charge in [-0.25, -0.2) is 0 Å². The van der Waals surface area contributed by atoms with Crippen molar-refractivity contribution in [2.75, 3.05) is 79.3 Å².